The second-order valence-corrected chi connectivity index (χ2v) is 8.83. The van der Waals surface area contributed by atoms with Crippen LogP contribution >= 0.6 is 0 Å². The Hall–Kier alpha value is -4.44. The van der Waals surface area contributed by atoms with Crippen LogP contribution in [0.25, 0.3) is 11.3 Å². The van der Waals surface area contributed by atoms with Gasteiger partial charge in [0.15, 0.2) is 17.9 Å². The molecule has 1 aromatic heterocycles. The van der Waals surface area contributed by atoms with E-state index in [9.17, 15) is 13.2 Å². The van der Waals surface area contributed by atoms with Gasteiger partial charge in [-0.05, 0) is 54.1 Å². The number of amides is 1. The van der Waals surface area contributed by atoms with Crippen molar-refractivity contribution in [1.29, 1.82) is 0 Å². The number of rotatable bonds is 9. The fourth-order valence-electron chi connectivity index (χ4n) is 3.15. The normalized spacial score (nSPS) is 11.3. The third-order valence-corrected chi connectivity index (χ3v) is 6.12. The van der Waals surface area contributed by atoms with Gasteiger partial charge >= 0.3 is 10.1 Å². The van der Waals surface area contributed by atoms with Gasteiger partial charge in [0.2, 0.25) is 5.91 Å². The van der Waals surface area contributed by atoms with Crippen molar-refractivity contribution in [3.8, 4) is 22.8 Å². The Bertz CT molecular complexity index is 1430. The number of aromatic nitrogens is 1. The molecule has 4 aromatic rings. The van der Waals surface area contributed by atoms with Crippen LogP contribution in [0.1, 0.15) is 11.1 Å². The van der Waals surface area contributed by atoms with Crippen LogP contribution in [0, 0.1) is 0 Å². The van der Waals surface area contributed by atoms with E-state index in [1.54, 1.807) is 61.7 Å². The summed E-state index contributed by atoms with van der Waals surface area (Å²) in [7, 11) is -2.56. The molecule has 0 radical (unpaired) electrons. The summed E-state index contributed by atoms with van der Waals surface area (Å²) >= 11 is 0. The first-order valence-electron chi connectivity index (χ1n) is 10.4. The quantitative estimate of drug-likeness (QED) is 0.215. The van der Waals surface area contributed by atoms with Gasteiger partial charge in [-0.25, -0.2) is 10.4 Å². The Balaban J connectivity index is 1.42. The van der Waals surface area contributed by atoms with Crippen LogP contribution < -0.4 is 14.3 Å². The standard InChI is InChI=1S/C25H21N3O6S/c1-32-21-7-4-5-18(13-21)14-25(29)28-27-15-20-6-2-3-8-23(20)34-35(30,31)22-11-9-19(10-12-22)24-16-26-17-33-24/h2-13,15-17H,14H2,1H3,(H,28,29)/b27-15+. The number of carbonyl (C=O) groups is 1. The molecule has 0 saturated heterocycles. The molecule has 10 heteroatoms. The van der Waals surface area contributed by atoms with E-state index in [-0.39, 0.29) is 23.0 Å². The van der Waals surface area contributed by atoms with Crippen LogP contribution in [0.2, 0.25) is 0 Å². The Morgan fingerprint density at radius 1 is 1.09 bits per heavy atom. The maximum absolute atomic E-state index is 12.8. The molecule has 3 aromatic carbocycles. The lowest BCUT2D eigenvalue weighted by Gasteiger charge is -2.09. The van der Waals surface area contributed by atoms with Crippen molar-refractivity contribution < 1.29 is 26.5 Å². The molecule has 178 valence electrons. The van der Waals surface area contributed by atoms with Gasteiger partial charge in [0.25, 0.3) is 0 Å². The first-order valence-corrected chi connectivity index (χ1v) is 11.8. The Kier molecular flexibility index (Phi) is 7.22. The number of nitrogens with one attached hydrogen (secondary N) is 1. The number of ether oxygens (including phenoxy) is 1. The molecule has 9 nitrogen and oxygen atoms in total. The molecule has 0 aliphatic heterocycles. The van der Waals surface area contributed by atoms with E-state index in [1.165, 1.54) is 37.0 Å². The van der Waals surface area contributed by atoms with Gasteiger partial charge in [-0.2, -0.15) is 13.5 Å². The summed E-state index contributed by atoms with van der Waals surface area (Å²) in [5.41, 5.74) is 4.24. The number of methoxy groups -OCH3 is 1. The molecular weight excluding hydrogens is 470 g/mol. The number of nitrogens with zero attached hydrogens (tertiary/aromatic N) is 2. The molecule has 0 aliphatic carbocycles. The molecule has 0 unspecified atom stereocenters. The van der Waals surface area contributed by atoms with E-state index in [4.69, 9.17) is 13.3 Å². The van der Waals surface area contributed by atoms with Gasteiger partial charge in [0.1, 0.15) is 10.6 Å². The van der Waals surface area contributed by atoms with Gasteiger partial charge in [-0.3, -0.25) is 4.79 Å². The number of hydrogen-bond acceptors (Lipinski definition) is 8. The lowest BCUT2D eigenvalue weighted by Crippen LogP contribution is -2.20. The van der Waals surface area contributed by atoms with Crippen molar-refractivity contribution in [2.75, 3.05) is 7.11 Å². The second-order valence-electron chi connectivity index (χ2n) is 7.29. The highest BCUT2D eigenvalue weighted by atomic mass is 32.2. The minimum absolute atomic E-state index is 0.0286. The molecule has 0 aliphatic rings. The molecule has 0 saturated carbocycles. The van der Waals surface area contributed by atoms with Gasteiger partial charge in [-0.15, -0.1) is 0 Å². The van der Waals surface area contributed by atoms with Crippen LogP contribution in [0.4, 0.5) is 0 Å². The van der Waals surface area contributed by atoms with Gasteiger partial charge in [0.05, 0.1) is 25.9 Å². The first kappa shape index (κ1) is 23.7. The zero-order chi connectivity index (χ0) is 24.7. The molecule has 0 atom stereocenters. The van der Waals surface area contributed by atoms with Crippen LogP contribution in [0.15, 0.2) is 99.8 Å². The zero-order valence-corrected chi connectivity index (χ0v) is 19.4. The number of para-hydroxylation sites is 1. The predicted octanol–water partition coefficient (Wildman–Crippen LogP) is 3.81. The molecule has 0 spiro atoms. The SMILES string of the molecule is COc1cccc(CC(=O)N/N=C/c2ccccc2OS(=O)(=O)c2ccc(-c3cnco3)cc2)c1. The predicted molar refractivity (Wildman–Crippen MR) is 129 cm³/mol. The van der Waals surface area contributed by atoms with Crippen molar-refractivity contribution in [3.63, 3.8) is 0 Å². The minimum Gasteiger partial charge on any atom is -0.497 e. The molecule has 4 rings (SSSR count). The molecule has 35 heavy (non-hydrogen) atoms. The Labute approximate surface area is 202 Å². The molecule has 1 amide bonds. The average Bonchev–Trinajstić information content (AvgIpc) is 3.40. The minimum atomic E-state index is -4.12. The lowest BCUT2D eigenvalue weighted by molar-refractivity contribution is -0.120. The highest BCUT2D eigenvalue weighted by molar-refractivity contribution is 7.87. The van der Waals surface area contributed by atoms with E-state index in [1.807, 2.05) is 0 Å². The molecule has 0 bridgehead atoms. The number of hydrogen-bond donors (Lipinski definition) is 1. The topological polar surface area (TPSA) is 120 Å². The van der Waals surface area contributed by atoms with Gasteiger partial charge in [-0.1, -0.05) is 24.3 Å². The van der Waals surface area contributed by atoms with Crippen LogP contribution in [-0.2, 0) is 21.3 Å². The molecule has 0 fully saturated rings. The van der Waals surface area contributed by atoms with Crippen LogP contribution in [0.3, 0.4) is 0 Å². The summed E-state index contributed by atoms with van der Waals surface area (Å²) in [5.74, 6) is 0.897. The summed E-state index contributed by atoms with van der Waals surface area (Å²) < 4.78 is 41.3. The van der Waals surface area contributed by atoms with Crippen LogP contribution in [0.5, 0.6) is 11.5 Å². The lowest BCUT2D eigenvalue weighted by atomic mass is 10.1. The van der Waals surface area contributed by atoms with Crippen molar-refractivity contribution in [2.45, 2.75) is 11.3 Å². The van der Waals surface area contributed by atoms with Gasteiger partial charge < -0.3 is 13.3 Å². The third-order valence-electron chi connectivity index (χ3n) is 4.87. The zero-order valence-electron chi connectivity index (χ0n) is 18.6. The average molecular weight is 492 g/mol. The fraction of sp³-hybridized carbons (Fsp3) is 0.0800. The third kappa shape index (κ3) is 6.12. The van der Waals surface area contributed by atoms with Crippen molar-refractivity contribution in [1.82, 2.24) is 10.4 Å². The number of carbonyl (C=O) groups excluding carboxylic acids is 1. The fourth-order valence-corrected chi connectivity index (χ4v) is 4.11. The van der Waals surface area contributed by atoms with Crippen molar-refractivity contribution in [3.05, 3.63) is 96.5 Å². The summed E-state index contributed by atoms with van der Waals surface area (Å²) in [6.45, 7) is 0. The highest BCUT2D eigenvalue weighted by Gasteiger charge is 2.18. The Morgan fingerprint density at radius 2 is 1.89 bits per heavy atom. The number of hydrazone groups is 1. The number of oxazole rings is 1. The van der Waals surface area contributed by atoms with E-state index in [0.717, 1.165) is 5.56 Å². The largest absolute Gasteiger partial charge is 0.497 e. The van der Waals surface area contributed by atoms with Crippen LogP contribution in [-0.4, -0.2) is 32.6 Å². The Morgan fingerprint density at radius 3 is 2.63 bits per heavy atom. The molecule has 1 N–H and O–H groups in total. The first-order chi connectivity index (χ1) is 16.9. The van der Waals surface area contributed by atoms with Gasteiger partial charge in [0, 0.05) is 11.1 Å². The van der Waals surface area contributed by atoms with E-state index in [0.29, 0.717) is 22.6 Å². The summed E-state index contributed by atoms with van der Waals surface area (Å²) in [6, 6.07) is 19.6. The maximum atomic E-state index is 12.8. The summed E-state index contributed by atoms with van der Waals surface area (Å²) in [5, 5.41) is 3.94. The van der Waals surface area contributed by atoms with E-state index < -0.39 is 10.1 Å². The molecular formula is C25H21N3O6S. The maximum Gasteiger partial charge on any atom is 0.339 e. The van der Waals surface area contributed by atoms with E-state index in [2.05, 4.69) is 15.5 Å². The summed E-state index contributed by atoms with van der Waals surface area (Å²) in [4.78, 5) is 16.0. The smallest absolute Gasteiger partial charge is 0.339 e. The summed E-state index contributed by atoms with van der Waals surface area (Å²) in [6.07, 6.45) is 4.25. The van der Waals surface area contributed by atoms with Crippen molar-refractivity contribution in [2.24, 2.45) is 5.10 Å². The van der Waals surface area contributed by atoms with Crippen molar-refractivity contribution >= 4 is 22.2 Å². The molecule has 1 heterocycles. The van der Waals surface area contributed by atoms with E-state index >= 15 is 0 Å². The highest BCUT2D eigenvalue weighted by Crippen LogP contribution is 2.25. The second kappa shape index (κ2) is 10.7. The monoisotopic (exact) mass is 491 g/mol. The number of benzene rings is 3.